The van der Waals surface area contributed by atoms with Crippen molar-refractivity contribution in [3.05, 3.63) is 83.2 Å². The molecule has 1 aliphatic rings. The van der Waals surface area contributed by atoms with Crippen LogP contribution in [0, 0.1) is 12.7 Å². The van der Waals surface area contributed by atoms with E-state index in [-0.39, 0.29) is 23.0 Å². The highest BCUT2D eigenvalue weighted by Crippen LogP contribution is 2.43. The number of hydrogen-bond acceptors (Lipinski definition) is 5. The maximum Gasteiger partial charge on any atom is 0.255 e. The molecule has 33 heavy (non-hydrogen) atoms. The maximum absolute atomic E-state index is 13.4. The molecule has 8 heteroatoms. The van der Waals surface area contributed by atoms with Gasteiger partial charge in [-0.25, -0.2) is 4.39 Å². The first-order valence-electron chi connectivity index (χ1n) is 10.2. The number of nitrogens with one attached hydrogen (secondary N) is 1. The Morgan fingerprint density at radius 3 is 2.30 bits per heavy atom. The number of benzene rings is 3. The van der Waals surface area contributed by atoms with Crippen molar-refractivity contribution in [1.82, 2.24) is 0 Å². The van der Waals surface area contributed by atoms with Gasteiger partial charge in [0.2, 0.25) is 5.91 Å². The summed E-state index contributed by atoms with van der Waals surface area (Å²) in [4.78, 5) is 27.3. The third-order valence-corrected chi connectivity index (χ3v) is 6.56. The maximum atomic E-state index is 13.4. The zero-order chi connectivity index (χ0) is 23.5. The van der Waals surface area contributed by atoms with Gasteiger partial charge in [0, 0.05) is 35.1 Å². The van der Waals surface area contributed by atoms with Gasteiger partial charge in [0.1, 0.15) is 22.7 Å². The number of carbonyl (C=O) groups excluding carboxylic acids is 2. The zero-order valence-electron chi connectivity index (χ0n) is 18.4. The average molecular weight is 467 g/mol. The van der Waals surface area contributed by atoms with Crippen LogP contribution < -0.4 is 19.7 Å². The third-order valence-electron chi connectivity index (χ3n) is 5.35. The molecule has 1 atom stereocenters. The summed E-state index contributed by atoms with van der Waals surface area (Å²) < 4.78 is 23.9. The van der Waals surface area contributed by atoms with Crippen molar-refractivity contribution in [3.63, 3.8) is 0 Å². The highest BCUT2D eigenvalue weighted by molar-refractivity contribution is 8.00. The van der Waals surface area contributed by atoms with Crippen LogP contribution in [0.25, 0.3) is 0 Å². The smallest absolute Gasteiger partial charge is 0.255 e. The summed E-state index contributed by atoms with van der Waals surface area (Å²) >= 11 is 1.49. The first kappa shape index (κ1) is 22.7. The Hall–Kier alpha value is -3.52. The second-order valence-corrected chi connectivity index (χ2v) is 8.60. The molecule has 3 aromatic rings. The minimum absolute atomic E-state index is 0.0295. The summed E-state index contributed by atoms with van der Waals surface area (Å²) in [7, 11) is 3.08. The highest BCUT2D eigenvalue weighted by Gasteiger charge is 2.35. The van der Waals surface area contributed by atoms with E-state index in [0.717, 1.165) is 16.8 Å². The third kappa shape index (κ3) is 4.80. The number of aryl methyl sites for hydroxylation is 1. The second-order valence-electron chi connectivity index (χ2n) is 7.54. The van der Waals surface area contributed by atoms with E-state index in [9.17, 15) is 14.0 Å². The molecule has 0 aliphatic carbocycles. The van der Waals surface area contributed by atoms with Crippen molar-refractivity contribution in [3.8, 4) is 11.5 Å². The fraction of sp³-hybridized carbons (Fsp3) is 0.200. The molecule has 2 amide bonds. The summed E-state index contributed by atoms with van der Waals surface area (Å²) in [5.74, 6) is 0.817. The van der Waals surface area contributed by atoms with Crippen molar-refractivity contribution in [2.45, 2.75) is 12.3 Å². The Bertz CT molecular complexity index is 1180. The monoisotopic (exact) mass is 466 g/mol. The number of rotatable bonds is 6. The molecule has 3 aromatic carbocycles. The van der Waals surface area contributed by atoms with Crippen molar-refractivity contribution < 1.29 is 23.5 Å². The first-order chi connectivity index (χ1) is 15.9. The molecule has 0 saturated carbocycles. The topological polar surface area (TPSA) is 67.9 Å². The quantitative estimate of drug-likeness (QED) is 0.542. The van der Waals surface area contributed by atoms with Crippen LogP contribution in [0.3, 0.4) is 0 Å². The van der Waals surface area contributed by atoms with Gasteiger partial charge in [0.25, 0.3) is 5.91 Å². The lowest BCUT2D eigenvalue weighted by Crippen LogP contribution is -2.28. The Kier molecular flexibility index (Phi) is 6.55. The van der Waals surface area contributed by atoms with Crippen molar-refractivity contribution in [2.24, 2.45) is 0 Å². The lowest BCUT2D eigenvalue weighted by Gasteiger charge is -2.26. The summed E-state index contributed by atoms with van der Waals surface area (Å²) in [5.41, 5.74) is 3.35. The van der Waals surface area contributed by atoms with Gasteiger partial charge in [-0.1, -0.05) is 12.1 Å². The van der Waals surface area contributed by atoms with Crippen LogP contribution in [0.2, 0.25) is 0 Å². The molecule has 0 spiro atoms. The number of methoxy groups -OCH3 is 2. The van der Waals surface area contributed by atoms with Gasteiger partial charge in [-0.2, -0.15) is 0 Å². The summed E-state index contributed by atoms with van der Waals surface area (Å²) in [6, 6.07) is 16.5. The fourth-order valence-electron chi connectivity index (χ4n) is 3.71. The lowest BCUT2D eigenvalue weighted by molar-refractivity contribution is -0.115. The van der Waals surface area contributed by atoms with E-state index in [0.29, 0.717) is 28.5 Å². The zero-order valence-corrected chi connectivity index (χ0v) is 19.2. The molecular formula is C25H23FN2O4S. The van der Waals surface area contributed by atoms with Gasteiger partial charge in [-0.15, -0.1) is 11.8 Å². The van der Waals surface area contributed by atoms with E-state index in [1.807, 2.05) is 6.92 Å². The first-order valence-corrected chi connectivity index (χ1v) is 11.3. The van der Waals surface area contributed by atoms with Crippen LogP contribution in [0.15, 0.2) is 60.7 Å². The van der Waals surface area contributed by atoms with Crippen LogP contribution in [0.5, 0.6) is 11.5 Å². The fourth-order valence-corrected chi connectivity index (χ4v) is 4.88. The minimum atomic E-state index is -0.320. The van der Waals surface area contributed by atoms with Gasteiger partial charge in [-0.05, 0) is 48.4 Å². The van der Waals surface area contributed by atoms with E-state index in [2.05, 4.69) is 5.32 Å². The number of hydrogen-bond donors (Lipinski definition) is 1. The van der Waals surface area contributed by atoms with Crippen molar-refractivity contribution >= 4 is 35.0 Å². The molecular weight excluding hydrogens is 443 g/mol. The second kappa shape index (κ2) is 9.54. The van der Waals surface area contributed by atoms with Crippen LogP contribution in [0.4, 0.5) is 15.8 Å². The highest BCUT2D eigenvalue weighted by atomic mass is 32.2. The summed E-state index contributed by atoms with van der Waals surface area (Å²) in [6.45, 7) is 1.86. The molecule has 1 heterocycles. The van der Waals surface area contributed by atoms with Crippen LogP contribution in [-0.2, 0) is 4.79 Å². The molecule has 6 nitrogen and oxygen atoms in total. The lowest BCUT2D eigenvalue weighted by atomic mass is 10.1. The number of amides is 2. The van der Waals surface area contributed by atoms with Crippen LogP contribution in [0.1, 0.15) is 26.9 Å². The Labute approximate surface area is 195 Å². The van der Waals surface area contributed by atoms with E-state index < -0.39 is 0 Å². The minimum Gasteiger partial charge on any atom is -0.497 e. The summed E-state index contributed by atoms with van der Waals surface area (Å²) in [5, 5.41) is 2.60. The number of nitrogens with zero attached hydrogens (tertiary/aromatic N) is 1. The number of carbonyl (C=O) groups is 2. The Balaban J connectivity index is 1.58. The molecule has 170 valence electrons. The molecule has 0 aromatic heterocycles. The standard InChI is InChI=1S/C25H23FN2O4S/c1-15-10-17(24(30)27-19-11-20(31-2)13-21(12-19)32-3)6-9-22(15)28-23(29)14-33-25(28)16-4-7-18(26)8-5-16/h4-13,25H,14H2,1-3H3,(H,27,30). The molecule has 1 N–H and O–H groups in total. The molecule has 1 aliphatic heterocycles. The molecule has 0 bridgehead atoms. The number of thioether (sulfide) groups is 1. The average Bonchev–Trinajstić information content (AvgIpc) is 3.20. The van der Waals surface area contributed by atoms with Crippen LogP contribution >= 0.6 is 11.8 Å². The summed E-state index contributed by atoms with van der Waals surface area (Å²) in [6.07, 6.45) is 0. The van der Waals surface area contributed by atoms with E-state index in [1.54, 1.807) is 67.7 Å². The Morgan fingerprint density at radius 2 is 1.70 bits per heavy atom. The largest absolute Gasteiger partial charge is 0.497 e. The van der Waals surface area contributed by atoms with Crippen LogP contribution in [-0.4, -0.2) is 31.8 Å². The van der Waals surface area contributed by atoms with Gasteiger partial charge in [0.15, 0.2) is 0 Å². The molecule has 1 saturated heterocycles. The van der Waals surface area contributed by atoms with E-state index in [1.165, 1.54) is 23.9 Å². The molecule has 4 rings (SSSR count). The van der Waals surface area contributed by atoms with E-state index in [4.69, 9.17) is 9.47 Å². The van der Waals surface area contributed by atoms with E-state index >= 15 is 0 Å². The predicted octanol–water partition coefficient (Wildman–Crippen LogP) is 5.18. The van der Waals surface area contributed by atoms with Gasteiger partial charge < -0.3 is 14.8 Å². The normalized spacial score (nSPS) is 15.5. The predicted molar refractivity (Wildman–Crippen MR) is 128 cm³/mol. The van der Waals surface area contributed by atoms with Crippen molar-refractivity contribution in [1.29, 1.82) is 0 Å². The Morgan fingerprint density at radius 1 is 1.03 bits per heavy atom. The van der Waals surface area contributed by atoms with Gasteiger partial charge in [0.05, 0.1) is 20.0 Å². The molecule has 0 radical (unpaired) electrons. The molecule has 1 fully saturated rings. The number of ether oxygens (including phenoxy) is 2. The van der Waals surface area contributed by atoms with Gasteiger partial charge >= 0.3 is 0 Å². The SMILES string of the molecule is COc1cc(NC(=O)c2ccc(N3C(=O)CSC3c3ccc(F)cc3)c(C)c2)cc(OC)c1. The molecule has 1 unspecified atom stereocenters. The number of anilines is 2. The van der Waals surface area contributed by atoms with Crippen molar-refractivity contribution in [2.75, 3.05) is 30.2 Å². The number of halogens is 1. The van der Waals surface area contributed by atoms with Gasteiger partial charge in [-0.3, -0.25) is 14.5 Å².